The van der Waals surface area contributed by atoms with Crippen LogP contribution in [0.25, 0.3) is 10.9 Å². The Morgan fingerprint density at radius 3 is 2.37 bits per heavy atom. The van der Waals surface area contributed by atoms with E-state index < -0.39 is 48.0 Å². The standard InChI is InChI=1S/C28H32F4N2O4/c1-26(2,22-15-19(29)8-9-24(22)38-3)17-27(37,28(30,31)32)16-20-14-18-6-4-5-7-23(18)34(20)25(36)33-12-10-21(35)11-13-33/h4-9,14-15,21,35,37H,10-13,16-17H2,1-3H3. The summed E-state index contributed by atoms with van der Waals surface area (Å²) in [5, 5.41) is 21.7. The van der Waals surface area contributed by atoms with Gasteiger partial charge in [0.1, 0.15) is 11.6 Å². The second kappa shape index (κ2) is 10.2. The third-order valence-corrected chi connectivity index (χ3v) is 7.34. The molecule has 2 heterocycles. The van der Waals surface area contributed by atoms with E-state index in [1.54, 1.807) is 24.3 Å². The lowest BCUT2D eigenvalue weighted by molar-refractivity contribution is -0.266. The Morgan fingerprint density at radius 1 is 1.08 bits per heavy atom. The van der Waals surface area contributed by atoms with Gasteiger partial charge < -0.3 is 19.8 Å². The molecule has 1 fully saturated rings. The minimum Gasteiger partial charge on any atom is -0.496 e. The number of ether oxygens (including phenoxy) is 1. The van der Waals surface area contributed by atoms with E-state index in [-0.39, 0.29) is 30.1 Å². The molecule has 3 aromatic rings. The van der Waals surface area contributed by atoms with Crippen molar-refractivity contribution in [2.45, 2.75) is 62.8 Å². The highest BCUT2D eigenvalue weighted by Gasteiger charge is 2.56. The molecule has 10 heteroatoms. The van der Waals surface area contributed by atoms with Gasteiger partial charge in [-0.1, -0.05) is 32.0 Å². The summed E-state index contributed by atoms with van der Waals surface area (Å²) in [5.74, 6) is -0.431. The van der Waals surface area contributed by atoms with Crippen LogP contribution < -0.4 is 4.74 Å². The van der Waals surface area contributed by atoms with Crippen LogP contribution in [0.1, 0.15) is 44.4 Å². The average molecular weight is 537 g/mol. The first kappa shape index (κ1) is 27.9. The van der Waals surface area contributed by atoms with E-state index >= 15 is 0 Å². The number of carbonyl (C=O) groups is 1. The number of hydrogen-bond acceptors (Lipinski definition) is 4. The Kier molecular flexibility index (Phi) is 7.51. The number of alkyl halides is 3. The van der Waals surface area contributed by atoms with E-state index in [0.717, 1.165) is 12.1 Å². The van der Waals surface area contributed by atoms with Crippen molar-refractivity contribution in [1.29, 1.82) is 0 Å². The first-order valence-electron chi connectivity index (χ1n) is 12.5. The van der Waals surface area contributed by atoms with Crippen LogP contribution in [0.5, 0.6) is 5.75 Å². The van der Waals surface area contributed by atoms with Gasteiger partial charge >= 0.3 is 12.2 Å². The van der Waals surface area contributed by atoms with Crippen LogP contribution in [0.2, 0.25) is 0 Å². The van der Waals surface area contributed by atoms with Gasteiger partial charge in [-0.2, -0.15) is 13.2 Å². The molecular weight excluding hydrogens is 504 g/mol. The number of rotatable bonds is 6. The first-order valence-corrected chi connectivity index (χ1v) is 12.5. The highest BCUT2D eigenvalue weighted by molar-refractivity contribution is 5.93. The molecule has 2 aromatic carbocycles. The maximum absolute atomic E-state index is 14.6. The Morgan fingerprint density at radius 2 is 1.74 bits per heavy atom. The smallest absolute Gasteiger partial charge is 0.417 e. The zero-order valence-corrected chi connectivity index (χ0v) is 21.6. The molecule has 0 radical (unpaired) electrons. The van der Waals surface area contributed by atoms with Crippen molar-refractivity contribution < 1.29 is 37.3 Å². The number of nitrogens with zero attached hydrogens (tertiary/aromatic N) is 2. The highest BCUT2D eigenvalue weighted by Crippen LogP contribution is 2.45. The van der Waals surface area contributed by atoms with Crippen LogP contribution in [-0.4, -0.2) is 63.8 Å². The number of para-hydroxylation sites is 1. The zero-order chi connectivity index (χ0) is 27.9. The monoisotopic (exact) mass is 536 g/mol. The number of aliphatic hydroxyl groups is 2. The van der Waals surface area contributed by atoms with Gasteiger partial charge in [0, 0.05) is 36.2 Å². The number of piperidine rings is 1. The number of amides is 1. The molecule has 206 valence electrons. The zero-order valence-electron chi connectivity index (χ0n) is 21.6. The van der Waals surface area contributed by atoms with E-state index in [2.05, 4.69) is 0 Å². The summed E-state index contributed by atoms with van der Waals surface area (Å²) in [6.07, 6.45) is -6.56. The summed E-state index contributed by atoms with van der Waals surface area (Å²) >= 11 is 0. The summed E-state index contributed by atoms with van der Waals surface area (Å²) in [4.78, 5) is 15.0. The quantitative estimate of drug-likeness (QED) is 0.413. The number of hydrogen-bond donors (Lipinski definition) is 2. The van der Waals surface area contributed by atoms with Gasteiger partial charge in [0.15, 0.2) is 5.60 Å². The Balaban J connectivity index is 1.76. The summed E-state index contributed by atoms with van der Waals surface area (Å²) in [6.45, 7) is 3.51. The van der Waals surface area contributed by atoms with E-state index in [1.807, 2.05) is 0 Å². The molecule has 0 saturated carbocycles. The van der Waals surface area contributed by atoms with Crippen LogP contribution in [-0.2, 0) is 11.8 Å². The fourth-order valence-electron chi connectivity index (χ4n) is 5.36. The lowest BCUT2D eigenvalue weighted by Crippen LogP contribution is -2.51. The summed E-state index contributed by atoms with van der Waals surface area (Å²) in [6, 6.07) is 11.3. The predicted molar refractivity (Wildman–Crippen MR) is 135 cm³/mol. The molecule has 1 amide bonds. The second-order valence-corrected chi connectivity index (χ2v) is 10.6. The van der Waals surface area contributed by atoms with Crippen molar-refractivity contribution >= 4 is 16.9 Å². The molecular formula is C28H32F4N2O4. The predicted octanol–water partition coefficient (Wildman–Crippen LogP) is 5.42. The number of aromatic nitrogens is 1. The van der Waals surface area contributed by atoms with Crippen LogP contribution in [0.3, 0.4) is 0 Å². The van der Waals surface area contributed by atoms with Crippen molar-refractivity contribution in [2.24, 2.45) is 0 Å². The molecule has 1 unspecified atom stereocenters. The molecule has 0 aliphatic carbocycles. The molecule has 2 N–H and O–H groups in total. The van der Waals surface area contributed by atoms with E-state index in [1.165, 1.54) is 42.6 Å². The average Bonchev–Trinajstić information content (AvgIpc) is 3.20. The Hall–Kier alpha value is -3.11. The number of likely N-dealkylation sites (tertiary alicyclic amines) is 1. The van der Waals surface area contributed by atoms with Crippen LogP contribution in [0, 0.1) is 5.82 Å². The number of aliphatic hydroxyl groups excluding tert-OH is 1. The van der Waals surface area contributed by atoms with Crippen LogP contribution in [0.4, 0.5) is 22.4 Å². The molecule has 4 rings (SSSR count). The molecule has 6 nitrogen and oxygen atoms in total. The number of halogens is 4. The number of benzene rings is 2. The summed E-state index contributed by atoms with van der Waals surface area (Å²) in [7, 11) is 1.34. The fourth-order valence-corrected chi connectivity index (χ4v) is 5.36. The van der Waals surface area contributed by atoms with E-state index in [0.29, 0.717) is 23.7 Å². The number of methoxy groups -OCH3 is 1. The van der Waals surface area contributed by atoms with Gasteiger partial charge in [-0.15, -0.1) is 0 Å². The van der Waals surface area contributed by atoms with Crippen molar-refractivity contribution in [3.8, 4) is 5.75 Å². The van der Waals surface area contributed by atoms with Crippen molar-refractivity contribution in [1.82, 2.24) is 9.47 Å². The third kappa shape index (κ3) is 5.37. The summed E-state index contributed by atoms with van der Waals surface area (Å²) < 4.78 is 64.4. The van der Waals surface area contributed by atoms with Gasteiger partial charge in [0.2, 0.25) is 0 Å². The minimum atomic E-state index is -5.07. The lowest BCUT2D eigenvalue weighted by atomic mass is 9.73. The van der Waals surface area contributed by atoms with Gasteiger partial charge in [-0.3, -0.25) is 4.57 Å². The van der Waals surface area contributed by atoms with Crippen molar-refractivity contribution in [3.63, 3.8) is 0 Å². The molecule has 38 heavy (non-hydrogen) atoms. The lowest BCUT2D eigenvalue weighted by Gasteiger charge is -2.38. The SMILES string of the molecule is COc1ccc(F)cc1C(C)(C)CC(O)(Cc1cc2ccccc2n1C(=O)N1CCC(O)CC1)C(F)(F)F. The van der Waals surface area contributed by atoms with Crippen LogP contribution in [0.15, 0.2) is 48.5 Å². The van der Waals surface area contributed by atoms with Crippen LogP contribution >= 0.6 is 0 Å². The molecule has 0 bridgehead atoms. The second-order valence-electron chi connectivity index (χ2n) is 10.6. The largest absolute Gasteiger partial charge is 0.496 e. The fraction of sp³-hybridized carbons (Fsp3) is 0.464. The normalized spacial score (nSPS) is 17.0. The maximum Gasteiger partial charge on any atom is 0.417 e. The van der Waals surface area contributed by atoms with Gasteiger partial charge in [0.25, 0.3) is 0 Å². The van der Waals surface area contributed by atoms with Gasteiger partial charge in [-0.25, -0.2) is 9.18 Å². The maximum atomic E-state index is 14.6. The highest BCUT2D eigenvalue weighted by atomic mass is 19.4. The molecule has 1 aliphatic heterocycles. The third-order valence-electron chi connectivity index (χ3n) is 7.34. The minimum absolute atomic E-state index is 0.00385. The van der Waals surface area contributed by atoms with E-state index in [4.69, 9.17) is 4.74 Å². The Bertz CT molecular complexity index is 1310. The summed E-state index contributed by atoms with van der Waals surface area (Å²) in [5.41, 5.74) is -4.00. The van der Waals surface area contributed by atoms with Crippen molar-refractivity contribution in [3.05, 3.63) is 65.6 Å². The molecule has 1 aromatic heterocycles. The molecule has 1 atom stereocenters. The van der Waals surface area contributed by atoms with Gasteiger partial charge in [0.05, 0.1) is 18.7 Å². The molecule has 0 spiro atoms. The van der Waals surface area contributed by atoms with Crippen molar-refractivity contribution in [2.75, 3.05) is 20.2 Å². The first-order chi connectivity index (χ1) is 17.8. The van der Waals surface area contributed by atoms with E-state index in [9.17, 15) is 32.6 Å². The molecule has 1 aliphatic rings. The number of fused-ring (bicyclic) bond motifs is 1. The van der Waals surface area contributed by atoms with Gasteiger partial charge in [-0.05, 0) is 55.0 Å². The Labute approximate surface area is 218 Å². The molecule has 1 saturated heterocycles. The topological polar surface area (TPSA) is 74.9 Å². The number of carbonyl (C=O) groups excluding carboxylic acids is 1.